The SMILES string of the molecule is COc1ccncc1CNC(=O)CN1C[C@]2(CC[C@@](c3ccccc3)(N(C)C)CC2)N(CC2CCC2)C1=O. The largest absolute Gasteiger partial charge is 0.496 e. The third-order valence-corrected chi connectivity index (χ3v) is 9.29. The normalized spacial score (nSPS) is 25.6. The summed E-state index contributed by atoms with van der Waals surface area (Å²) < 4.78 is 5.37. The Balaban J connectivity index is 1.30. The van der Waals surface area contributed by atoms with Crippen LogP contribution >= 0.6 is 0 Å². The van der Waals surface area contributed by atoms with E-state index in [9.17, 15) is 9.59 Å². The first kappa shape index (κ1) is 26.5. The predicted octanol–water partition coefficient (Wildman–Crippen LogP) is 4.01. The highest BCUT2D eigenvalue weighted by Crippen LogP contribution is 2.49. The molecule has 3 amide bonds. The quantitative estimate of drug-likeness (QED) is 0.542. The fraction of sp³-hybridized carbons (Fsp3) is 0.567. The van der Waals surface area contributed by atoms with Crippen molar-refractivity contribution in [2.45, 2.75) is 62.6 Å². The summed E-state index contributed by atoms with van der Waals surface area (Å²) in [6.07, 6.45) is 10.8. The van der Waals surface area contributed by atoms with Crippen molar-refractivity contribution >= 4 is 11.9 Å². The predicted molar refractivity (Wildman–Crippen MR) is 147 cm³/mol. The zero-order valence-electron chi connectivity index (χ0n) is 23.0. The second-order valence-corrected chi connectivity index (χ2v) is 11.5. The number of amides is 3. The molecule has 2 heterocycles. The lowest BCUT2D eigenvalue weighted by molar-refractivity contribution is -0.121. The lowest BCUT2D eigenvalue weighted by Crippen LogP contribution is -2.56. The molecular formula is C30H41N5O3. The van der Waals surface area contributed by atoms with Gasteiger partial charge in [0, 0.05) is 43.1 Å². The zero-order valence-corrected chi connectivity index (χ0v) is 23.0. The number of ether oxygens (including phenoxy) is 1. The molecule has 8 heteroatoms. The fourth-order valence-corrected chi connectivity index (χ4v) is 6.68. The standard InChI is InChI=1S/C30H41N5O3/c1-33(2)30(25-10-5-4-6-11-25)15-13-29(14-16-30)22-34(28(37)35(29)20-23-8-7-9-23)21-27(36)32-19-24-18-31-17-12-26(24)38-3/h4-6,10-12,17-18,23H,7-9,13-16,19-22H2,1-3H3,(H,32,36)/t29-,30-. The lowest BCUT2D eigenvalue weighted by Gasteiger charge is -2.51. The molecule has 2 saturated carbocycles. The van der Waals surface area contributed by atoms with E-state index in [4.69, 9.17) is 4.74 Å². The third kappa shape index (κ3) is 4.98. The van der Waals surface area contributed by atoms with Gasteiger partial charge in [0.05, 0.1) is 12.6 Å². The minimum absolute atomic E-state index is 0.0167. The number of urea groups is 1. The molecule has 3 aliphatic rings. The highest BCUT2D eigenvalue weighted by atomic mass is 16.5. The minimum Gasteiger partial charge on any atom is -0.496 e. The zero-order chi connectivity index (χ0) is 26.8. The first-order valence-corrected chi connectivity index (χ1v) is 13.9. The maximum atomic E-state index is 13.8. The molecule has 3 fully saturated rings. The highest BCUT2D eigenvalue weighted by molar-refractivity contribution is 5.86. The van der Waals surface area contributed by atoms with Crippen LogP contribution in [0.3, 0.4) is 0 Å². The Kier molecular flexibility index (Phi) is 7.61. The summed E-state index contributed by atoms with van der Waals surface area (Å²) in [6, 6.07) is 12.6. The minimum atomic E-state index is -0.214. The number of nitrogens with one attached hydrogen (secondary N) is 1. The summed E-state index contributed by atoms with van der Waals surface area (Å²) in [5.41, 5.74) is 1.91. The van der Waals surface area contributed by atoms with Gasteiger partial charge >= 0.3 is 6.03 Å². The van der Waals surface area contributed by atoms with Crippen LogP contribution in [0.15, 0.2) is 48.8 Å². The molecule has 2 aromatic rings. The molecule has 1 spiro atoms. The summed E-state index contributed by atoms with van der Waals surface area (Å²) in [7, 11) is 5.95. The van der Waals surface area contributed by atoms with Crippen molar-refractivity contribution in [3.63, 3.8) is 0 Å². The van der Waals surface area contributed by atoms with Crippen LogP contribution < -0.4 is 10.1 Å². The van der Waals surface area contributed by atoms with Gasteiger partial charge in [0.15, 0.2) is 0 Å². The van der Waals surface area contributed by atoms with Crippen LogP contribution in [0.5, 0.6) is 5.75 Å². The van der Waals surface area contributed by atoms with Crippen LogP contribution in [-0.2, 0) is 16.9 Å². The second kappa shape index (κ2) is 10.9. The van der Waals surface area contributed by atoms with Crippen molar-refractivity contribution in [3.05, 3.63) is 59.9 Å². The van der Waals surface area contributed by atoms with Gasteiger partial charge in [0.2, 0.25) is 5.91 Å². The number of aromatic nitrogens is 1. The summed E-state index contributed by atoms with van der Waals surface area (Å²) in [5.74, 6) is 1.11. The molecule has 8 nitrogen and oxygen atoms in total. The van der Waals surface area contributed by atoms with Gasteiger partial charge < -0.3 is 19.9 Å². The molecule has 1 saturated heterocycles. The van der Waals surface area contributed by atoms with Crippen molar-refractivity contribution in [3.8, 4) is 5.75 Å². The van der Waals surface area contributed by atoms with E-state index in [1.165, 1.54) is 24.8 Å². The van der Waals surface area contributed by atoms with Crippen molar-refractivity contribution in [1.82, 2.24) is 25.0 Å². The number of rotatable bonds is 9. The average Bonchev–Trinajstić information content (AvgIpc) is 3.15. The first-order chi connectivity index (χ1) is 18.4. The van der Waals surface area contributed by atoms with Crippen molar-refractivity contribution in [2.24, 2.45) is 5.92 Å². The monoisotopic (exact) mass is 519 g/mol. The van der Waals surface area contributed by atoms with Gasteiger partial charge in [-0.3, -0.25) is 14.7 Å². The van der Waals surface area contributed by atoms with Crippen molar-refractivity contribution in [1.29, 1.82) is 0 Å². The fourth-order valence-electron chi connectivity index (χ4n) is 6.68. The molecule has 1 aromatic carbocycles. The average molecular weight is 520 g/mol. The Labute approximate surface area is 226 Å². The van der Waals surface area contributed by atoms with Gasteiger partial charge in [-0.1, -0.05) is 36.8 Å². The van der Waals surface area contributed by atoms with E-state index in [0.717, 1.165) is 37.8 Å². The van der Waals surface area contributed by atoms with Gasteiger partial charge in [-0.25, -0.2) is 4.79 Å². The Bertz CT molecular complexity index is 1130. The van der Waals surface area contributed by atoms with E-state index in [2.05, 4.69) is 64.5 Å². The van der Waals surface area contributed by atoms with E-state index in [1.54, 1.807) is 30.5 Å². The molecule has 1 aliphatic heterocycles. The van der Waals surface area contributed by atoms with Crippen LogP contribution in [0, 0.1) is 5.92 Å². The van der Waals surface area contributed by atoms with Gasteiger partial charge in [0.1, 0.15) is 12.3 Å². The van der Waals surface area contributed by atoms with Crippen LogP contribution in [0.1, 0.15) is 56.1 Å². The molecular weight excluding hydrogens is 478 g/mol. The van der Waals surface area contributed by atoms with E-state index in [0.29, 0.717) is 24.8 Å². The van der Waals surface area contributed by atoms with E-state index in [-0.39, 0.29) is 29.6 Å². The molecule has 0 atom stereocenters. The Morgan fingerprint density at radius 3 is 2.50 bits per heavy atom. The molecule has 0 bridgehead atoms. The summed E-state index contributed by atoms with van der Waals surface area (Å²) in [4.78, 5) is 37.2. The van der Waals surface area contributed by atoms with Crippen molar-refractivity contribution in [2.75, 3.05) is 40.8 Å². The number of benzene rings is 1. The number of nitrogens with zero attached hydrogens (tertiary/aromatic N) is 4. The second-order valence-electron chi connectivity index (χ2n) is 11.5. The molecule has 2 aliphatic carbocycles. The van der Waals surface area contributed by atoms with E-state index < -0.39 is 0 Å². The van der Waals surface area contributed by atoms with Gasteiger partial charge in [0.25, 0.3) is 0 Å². The van der Waals surface area contributed by atoms with Gasteiger partial charge in [-0.05, 0) is 70.2 Å². The van der Waals surface area contributed by atoms with E-state index >= 15 is 0 Å². The Morgan fingerprint density at radius 1 is 1.13 bits per heavy atom. The van der Waals surface area contributed by atoms with Gasteiger partial charge in [-0.15, -0.1) is 0 Å². The number of hydrogen-bond acceptors (Lipinski definition) is 5. The number of carbonyl (C=O) groups excluding carboxylic acids is 2. The summed E-state index contributed by atoms with van der Waals surface area (Å²) >= 11 is 0. The number of pyridine rings is 1. The first-order valence-electron chi connectivity index (χ1n) is 13.9. The summed E-state index contributed by atoms with van der Waals surface area (Å²) in [5, 5.41) is 2.96. The molecule has 1 N–H and O–H groups in total. The number of hydrogen-bond donors (Lipinski definition) is 1. The van der Waals surface area contributed by atoms with Crippen molar-refractivity contribution < 1.29 is 14.3 Å². The topological polar surface area (TPSA) is 78.0 Å². The van der Waals surface area contributed by atoms with Crippen LogP contribution in [-0.4, -0.2) is 78.0 Å². The Hall–Kier alpha value is -3.13. The molecule has 204 valence electrons. The number of carbonyl (C=O) groups is 2. The lowest BCUT2D eigenvalue weighted by atomic mass is 9.68. The third-order valence-electron chi connectivity index (χ3n) is 9.29. The smallest absolute Gasteiger partial charge is 0.321 e. The molecule has 5 rings (SSSR count). The maximum Gasteiger partial charge on any atom is 0.321 e. The van der Waals surface area contributed by atoms with Crippen LogP contribution in [0.4, 0.5) is 4.79 Å². The molecule has 0 radical (unpaired) electrons. The molecule has 38 heavy (non-hydrogen) atoms. The molecule has 1 aromatic heterocycles. The number of methoxy groups -OCH3 is 1. The maximum absolute atomic E-state index is 13.8. The van der Waals surface area contributed by atoms with E-state index in [1.807, 2.05) is 0 Å². The van der Waals surface area contributed by atoms with Crippen LogP contribution in [0.2, 0.25) is 0 Å². The summed E-state index contributed by atoms with van der Waals surface area (Å²) in [6.45, 7) is 1.81. The highest BCUT2D eigenvalue weighted by Gasteiger charge is 2.55. The van der Waals surface area contributed by atoms with Gasteiger partial charge in [-0.2, -0.15) is 0 Å². The van der Waals surface area contributed by atoms with Crippen LogP contribution in [0.25, 0.3) is 0 Å². The molecule has 0 unspecified atom stereocenters. The Morgan fingerprint density at radius 2 is 1.87 bits per heavy atom.